The number of carboxylic acid groups (broad SMARTS) is 1. The van der Waals surface area contributed by atoms with Crippen LogP contribution in [0.25, 0.3) is 0 Å². The van der Waals surface area contributed by atoms with Crippen LogP contribution in [0.3, 0.4) is 0 Å². The molecule has 2 rings (SSSR count). The summed E-state index contributed by atoms with van der Waals surface area (Å²) >= 11 is 0. The highest BCUT2D eigenvalue weighted by Crippen LogP contribution is 2.22. The van der Waals surface area contributed by atoms with Crippen molar-refractivity contribution in [1.82, 2.24) is 41.7 Å². The Morgan fingerprint density at radius 2 is 0.922 bits per heavy atom. The first-order valence-electron chi connectivity index (χ1n) is 23.2. The highest BCUT2D eigenvalue weighted by Gasteiger charge is 2.41. The molecule has 0 aromatic heterocycles. The van der Waals surface area contributed by atoms with Crippen LogP contribution in [-0.4, -0.2) is 136 Å². The Labute approximate surface area is 379 Å². The van der Waals surface area contributed by atoms with Gasteiger partial charge in [-0.25, -0.2) is 4.79 Å². The fourth-order valence-corrected chi connectivity index (χ4v) is 8.13. The lowest BCUT2D eigenvalue weighted by Crippen LogP contribution is -2.61. The van der Waals surface area contributed by atoms with Gasteiger partial charge in [-0.15, -0.1) is 0 Å². The summed E-state index contributed by atoms with van der Waals surface area (Å²) in [7, 11) is 0. The molecule has 19 heteroatoms. The molecule has 2 aliphatic heterocycles. The number of nitrogens with zero attached hydrogens (tertiary/aromatic N) is 2. The third kappa shape index (κ3) is 17.0. The van der Waals surface area contributed by atoms with Crippen molar-refractivity contribution < 1.29 is 48.3 Å². The number of rotatable bonds is 24. The molecule has 8 amide bonds. The van der Waals surface area contributed by atoms with Gasteiger partial charge in [-0.3, -0.25) is 38.4 Å². The smallest absolute Gasteiger partial charge is 0.326 e. The number of likely N-dealkylation sites (tertiary alicyclic amines) is 2. The molecule has 2 saturated heterocycles. The van der Waals surface area contributed by atoms with Crippen molar-refractivity contribution in [3.63, 3.8) is 0 Å². The molecule has 2 fully saturated rings. The summed E-state index contributed by atoms with van der Waals surface area (Å²) in [5.41, 5.74) is 6.13. The molecule has 2 aliphatic rings. The number of nitrogens with one attached hydrogen (secondary N) is 6. The minimum Gasteiger partial charge on any atom is -0.480 e. The lowest BCUT2D eigenvalue weighted by molar-refractivity contribution is -0.149. The molecule has 0 spiro atoms. The average Bonchev–Trinajstić information content (AvgIpc) is 3.89. The Hall–Kier alpha value is -4.81. The maximum Gasteiger partial charge on any atom is 0.326 e. The van der Waals surface area contributed by atoms with E-state index in [-0.39, 0.29) is 49.6 Å². The van der Waals surface area contributed by atoms with Crippen LogP contribution < -0.4 is 37.6 Å². The monoisotopic (exact) mass is 906 g/mol. The minimum atomic E-state index is -1.14. The molecule has 364 valence electrons. The number of carbonyl (C=O) groups excluding carboxylic acids is 8. The number of carbonyl (C=O) groups is 9. The molecule has 0 aliphatic carbocycles. The maximum atomic E-state index is 14.0. The van der Waals surface area contributed by atoms with E-state index in [2.05, 4.69) is 31.9 Å². The highest BCUT2D eigenvalue weighted by atomic mass is 16.4. The summed E-state index contributed by atoms with van der Waals surface area (Å²) < 4.78 is 0. The Morgan fingerprint density at radius 3 is 1.41 bits per heavy atom. The molecule has 9 atom stereocenters. The summed E-state index contributed by atoms with van der Waals surface area (Å²) in [6.07, 6.45) is 2.88. The highest BCUT2D eigenvalue weighted by molar-refractivity contribution is 5.98. The van der Waals surface area contributed by atoms with Gasteiger partial charge < -0.3 is 52.5 Å². The lowest BCUT2D eigenvalue weighted by Gasteiger charge is -2.32. The third-order valence-corrected chi connectivity index (χ3v) is 11.5. The van der Waals surface area contributed by atoms with Gasteiger partial charge in [-0.2, -0.15) is 0 Å². The standard InChI is InChI=1S/C45H79N9O10/c1-23(2)19-30(46)38(56)51-33(22-26(7)8)44(62)53-17-13-15-34(53)41(59)52-36(27(9)10)42(60)50-32(21-25(5)6)40(58)49-31(20-24(3)4)39(57)47-28(11)37(55)48-29(12)43(61)54-18-14-16-35(54)45(63)64/h23-36H,13-22,46H2,1-12H3,(H,47,57)(H,48,55)(H,49,58)(H,50,60)(H,51,56)(H,52,59)(H,63,64). The first-order valence-corrected chi connectivity index (χ1v) is 23.2. The van der Waals surface area contributed by atoms with Crippen molar-refractivity contribution in [2.75, 3.05) is 13.1 Å². The summed E-state index contributed by atoms with van der Waals surface area (Å²) in [4.78, 5) is 123. The molecule has 0 saturated carbocycles. The number of amides is 8. The largest absolute Gasteiger partial charge is 0.480 e. The van der Waals surface area contributed by atoms with E-state index >= 15 is 0 Å². The van der Waals surface area contributed by atoms with Crippen LogP contribution in [0.4, 0.5) is 0 Å². The van der Waals surface area contributed by atoms with Crippen LogP contribution >= 0.6 is 0 Å². The van der Waals surface area contributed by atoms with Crippen molar-refractivity contribution in [1.29, 1.82) is 0 Å². The quantitative estimate of drug-likeness (QED) is 0.0681. The summed E-state index contributed by atoms with van der Waals surface area (Å²) in [5.74, 6) is -6.07. The van der Waals surface area contributed by atoms with Gasteiger partial charge in [0, 0.05) is 13.1 Å². The molecule has 0 radical (unpaired) electrons. The zero-order chi connectivity index (χ0) is 48.7. The summed E-state index contributed by atoms with van der Waals surface area (Å²) in [6, 6.07) is -9.08. The van der Waals surface area contributed by atoms with Crippen LogP contribution in [0.5, 0.6) is 0 Å². The van der Waals surface area contributed by atoms with Crippen LogP contribution in [-0.2, 0) is 43.2 Å². The molecule has 9 N–H and O–H groups in total. The van der Waals surface area contributed by atoms with Gasteiger partial charge in [0.1, 0.15) is 48.3 Å². The fourth-order valence-electron chi connectivity index (χ4n) is 8.13. The van der Waals surface area contributed by atoms with Gasteiger partial charge in [0.25, 0.3) is 0 Å². The van der Waals surface area contributed by atoms with E-state index in [1.165, 1.54) is 23.6 Å². The van der Waals surface area contributed by atoms with Crippen LogP contribution in [0, 0.1) is 29.6 Å². The van der Waals surface area contributed by atoms with E-state index in [4.69, 9.17) is 5.73 Å². The van der Waals surface area contributed by atoms with Crippen molar-refractivity contribution in [2.45, 2.75) is 189 Å². The van der Waals surface area contributed by atoms with Gasteiger partial charge in [0.15, 0.2) is 0 Å². The number of aliphatic carboxylic acids is 1. The first kappa shape index (κ1) is 55.3. The summed E-state index contributed by atoms with van der Waals surface area (Å²) in [5, 5.41) is 25.8. The van der Waals surface area contributed by atoms with E-state index in [1.807, 2.05) is 55.4 Å². The second-order valence-corrected chi connectivity index (χ2v) is 19.7. The minimum absolute atomic E-state index is 0.0464. The number of nitrogens with two attached hydrogens (primary N) is 1. The fraction of sp³-hybridized carbons (Fsp3) is 0.800. The second kappa shape index (κ2) is 25.6. The zero-order valence-corrected chi connectivity index (χ0v) is 40.2. The van der Waals surface area contributed by atoms with E-state index < -0.39 is 114 Å². The average molecular weight is 906 g/mol. The Bertz CT molecular complexity index is 1650. The summed E-state index contributed by atoms with van der Waals surface area (Å²) in [6.45, 7) is 22.1. The molecule has 19 nitrogen and oxygen atoms in total. The van der Waals surface area contributed by atoms with Crippen molar-refractivity contribution >= 4 is 53.2 Å². The van der Waals surface area contributed by atoms with E-state index in [1.54, 1.807) is 13.8 Å². The van der Waals surface area contributed by atoms with Crippen molar-refractivity contribution in [3.8, 4) is 0 Å². The van der Waals surface area contributed by atoms with E-state index in [0.717, 1.165) is 0 Å². The molecule has 2 heterocycles. The Morgan fingerprint density at radius 1 is 0.500 bits per heavy atom. The molecule has 0 bridgehead atoms. The molecule has 0 aromatic carbocycles. The van der Waals surface area contributed by atoms with Gasteiger partial charge in [-0.1, -0.05) is 69.2 Å². The predicted molar refractivity (Wildman–Crippen MR) is 241 cm³/mol. The van der Waals surface area contributed by atoms with Gasteiger partial charge in [-0.05, 0) is 94.8 Å². The van der Waals surface area contributed by atoms with Crippen molar-refractivity contribution in [2.24, 2.45) is 35.3 Å². The van der Waals surface area contributed by atoms with Crippen LogP contribution in [0.15, 0.2) is 0 Å². The molecule has 0 aromatic rings. The predicted octanol–water partition coefficient (Wildman–Crippen LogP) is 1.17. The van der Waals surface area contributed by atoms with Gasteiger partial charge >= 0.3 is 5.97 Å². The number of hydrogen-bond acceptors (Lipinski definition) is 10. The van der Waals surface area contributed by atoms with E-state index in [9.17, 15) is 48.3 Å². The zero-order valence-electron chi connectivity index (χ0n) is 40.2. The number of hydrogen-bond donors (Lipinski definition) is 8. The van der Waals surface area contributed by atoms with Crippen LogP contribution in [0.1, 0.15) is 134 Å². The molecular weight excluding hydrogens is 827 g/mol. The Balaban J connectivity index is 2.19. The maximum absolute atomic E-state index is 14.0. The normalized spacial score (nSPS) is 19.7. The second-order valence-electron chi connectivity index (χ2n) is 19.7. The van der Waals surface area contributed by atoms with Gasteiger partial charge in [0.2, 0.25) is 47.3 Å². The number of carboxylic acids is 1. The molecule has 64 heavy (non-hydrogen) atoms. The topological polar surface area (TPSA) is 279 Å². The Kier molecular flexibility index (Phi) is 22.1. The third-order valence-electron chi connectivity index (χ3n) is 11.5. The SMILES string of the molecule is CC(C)CC(N)C(=O)NC(CC(C)C)C(=O)N1CCCC1C(=O)NC(C(=O)NC(CC(C)C)C(=O)NC(CC(C)C)C(=O)NC(C)C(=O)NC(C)C(=O)N1CCCC1C(=O)O)C(C)C. The molecule has 9 unspecified atom stereocenters. The first-order chi connectivity index (χ1) is 29.7. The van der Waals surface area contributed by atoms with E-state index in [0.29, 0.717) is 38.5 Å². The van der Waals surface area contributed by atoms with Crippen LogP contribution in [0.2, 0.25) is 0 Å². The van der Waals surface area contributed by atoms with Gasteiger partial charge in [0.05, 0.1) is 6.04 Å². The lowest BCUT2D eigenvalue weighted by atomic mass is 9.98. The molecular formula is C45H79N9O10. The van der Waals surface area contributed by atoms with Crippen molar-refractivity contribution in [3.05, 3.63) is 0 Å².